The van der Waals surface area contributed by atoms with Gasteiger partial charge in [-0.3, -0.25) is 4.98 Å². The van der Waals surface area contributed by atoms with Crippen LogP contribution in [0.1, 0.15) is 5.56 Å². The summed E-state index contributed by atoms with van der Waals surface area (Å²) in [7, 11) is 0. The van der Waals surface area contributed by atoms with Crippen LogP contribution in [0.15, 0.2) is 48.8 Å². The summed E-state index contributed by atoms with van der Waals surface area (Å²) < 4.78 is 0. The molecular weight excluding hydrogens is 310 g/mol. The summed E-state index contributed by atoms with van der Waals surface area (Å²) in [5.74, 6) is -3.65. The molecule has 0 radical (unpaired) electrons. The van der Waals surface area contributed by atoms with E-state index in [0.717, 1.165) is 23.2 Å². The van der Waals surface area contributed by atoms with E-state index in [1.807, 2.05) is 30.6 Å². The van der Waals surface area contributed by atoms with Crippen LogP contribution in [-0.4, -0.2) is 38.7 Å². The predicted molar refractivity (Wildman–Crippen MR) is 89.6 cm³/mol. The summed E-state index contributed by atoms with van der Waals surface area (Å²) in [6, 6.07) is 12.4. The van der Waals surface area contributed by atoms with Crippen LogP contribution < -0.4 is 5.73 Å². The Labute approximate surface area is 137 Å². The van der Waals surface area contributed by atoms with Crippen LogP contribution in [0.2, 0.25) is 0 Å². The van der Waals surface area contributed by atoms with E-state index in [2.05, 4.69) is 28.2 Å². The average molecular weight is 327 g/mol. The van der Waals surface area contributed by atoms with Crippen molar-refractivity contribution in [1.29, 1.82) is 0 Å². The lowest BCUT2D eigenvalue weighted by atomic mass is 10.0. The predicted octanol–water partition coefficient (Wildman–Crippen LogP) is 1.89. The molecule has 3 rings (SSSR count). The van der Waals surface area contributed by atoms with Crippen molar-refractivity contribution in [3.05, 3.63) is 54.4 Å². The number of benzene rings is 1. The number of fused-ring (bicyclic) bond motifs is 1. The lowest BCUT2D eigenvalue weighted by molar-refractivity contribution is -0.159. The fraction of sp³-hybridized carbons (Fsp3) is 0.118. The van der Waals surface area contributed by atoms with Gasteiger partial charge in [0, 0.05) is 34.6 Å². The quantitative estimate of drug-likeness (QED) is 0.544. The number of pyridine rings is 1. The Hall–Kier alpha value is -3.19. The number of nitrogens with zero attached hydrogens (tertiary/aromatic N) is 1. The second-order valence-corrected chi connectivity index (χ2v) is 4.91. The molecule has 0 unspecified atom stereocenters. The standard InChI is InChI=1S/C15H15N3.C2H2O4/c16-8-5-13-12-3-1-2-4-14(12)18-15(13)11-6-9-17-10-7-11;3-1(4)2(5)6/h1-4,6-7,9-10,18H,5,8,16H2;(H,3,4)(H,5,6). The molecule has 1 aromatic carbocycles. The third-order valence-electron chi connectivity index (χ3n) is 3.36. The first-order valence-corrected chi connectivity index (χ1v) is 7.21. The summed E-state index contributed by atoms with van der Waals surface area (Å²) in [5, 5.41) is 16.0. The van der Waals surface area contributed by atoms with Crippen molar-refractivity contribution in [3.63, 3.8) is 0 Å². The lowest BCUT2D eigenvalue weighted by Crippen LogP contribution is -2.09. The van der Waals surface area contributed by atoms with Gasteiger partial charge in [0.1, 0.15) is 0 Å². The average Bonchev–Trinajstić information content (AvgIpc) is 2.95. The first-order valence-electron chi connectivity index (χ1n) is 7.21. The van der Waals surface area contributed by atoms with Gasteiger partial charge < -0.3 is 20.9 Å². The molecule has 7 nitrogen and oxygen atoms in total. The van der Waals surface area contributed by atoms with Crippen molar-refractivity contribution >= 4 is 22.8 Å². The zero-order valence-corrected chi connectivity index (χ0v) is 12.8. The van der Waals surface area contributed by atoms with Gasteiger partial charge in [0.25, 0.3) is 0 Å². The highest BCUT2D eigenvalue weighted by Crippen LogP contribution is 2.30. The number of aromatic nitrogens is 2. The maximum Gasteiger partial charge on any atom is 0.414 e. The Morgan fingerprint density at radius 1 is 1.04 bits per heavy atom. The van der Waals surface area contributed by atoms with E-state index < -0.39 is 11.9 Å². The number of hydrogen-bond donors (Lipinski definition) is 4. The van der Waals surface area contributed by atoms with E-state index in [0.29, 0.717) is 6.54 Å². The maximum absolute atomic E-state index is 9.10. The molecule has 5 N–H and O–H groups in total. The van der Waals surface area contributed by atoms with Gasteiger partial charge >= 0.3 is 11.9 Å². The Kier molecular flexibility index (Phi) is 5.64. The molecule has 2 aromatic heterocycles. The molecule has 24 heavy (non-hydrogen) atoms. The van der Waals surface area contributed by atoms with E-state index >= 15 is 0 Å². The number of nitrogens with one attached hydrogen (secondary N) is 1. The monoisotopic (exact) mass is 327 g/mol. The van der Waals surface area contributed by atoms with Crippen LogP contribution in [0.3, 0.4) is 0 Å². The molecule has 0 aliphatic rings. The summed E-state index contributed by atoms with van der Waals surface area (Å²) in [6.45, 7) is 0.653. The minimum absolute atomic E-state index is 0.653. The normalized spacial score (nSPS) is 10.0. The highest BCUT2D eigenvalue weighted by atomic mass is 16.4. The van der Waals surface area contributed by atoms with E-state index in [-0.39, 0.29) is 0 Å². The van der Waals surface area contributed by atoms with Crippen molar-refractivity contribution in [1.82, 2.24) is 9.97 Å². The van der Waals surface area contributed by atoms with Crippen molar-refractivity contribution < 1.29 is 19.8 Å². The van der Waals surface area contributed by atoms with Crippen molar-refractivity contribution in [2.24, 2.45) is 5.73 Å². The summed E-state index contributed by atoms with van der Waals surface area (Å²) in [4.78, 5) is 25.7. The molecule has 7 heteroatoms. The van der Waals surface area contributed by atoms with E-state index in [4.69, 9.17) is 25.5 Å². The molecule has 0 aliphatic heterocycles. The number of rotatable bonds is 3. The van der Waals surface area contributed by atoms with E-state index in [9.17, 15) is 0 Å². The van der Waals surface area contributed by atoms with Gasteiger partial charge in [-0.25, -0.2) is 9.59 Å². The van der Waals surface area contributed by atoms with Gasteiger partial charge in [-0.2, -0.15) is 0 Å². The number of aromatic amines is 1. The van der Waals surface area contributed by atoms with Gasteiger partial charge in [0.2, 0.25) is 0 Å². The first kappa shape index (κ1) is 17.2. The van der Waals surface area contributed by atoms with Crippen LogP contribution in [0, 0.1) is 0 Å². The molecule has 0 saturated carbocycles. The molecule has 0 bridgehead atoms. The zero-order valence-electron chi connectivity index (χ0n) is 12.8. The minimum Gasteiger partial charge on any atom is -0.473 e. The molecule has 3 aromatic rings. The SMILES string of the molecule is NCCc1c(-c2ccncc2)[nH]c2ccccc12.O=C(O)C(=O)O. The molecule has 124 valence electrons. The highest BCUT2D eigenvalue weighted by Gasteiger charge is 2.11. The van der Waals surface area contributed by atoms with Crippen LogP contribution in [-0.2, 0) is 16.0 Å². The number of carbonyl (C=O) groups is 2. The number of aliphatic carboxylic acids is 2. The van der Waals surface area contributed by atoms with E-state index in [1.165, 1.54) is 10.9 Å². The number of nitrogens with two attached hydrogens (primary N) is 1. The smallest absolute Gasteiger partial charge is 0.414 e. The Morgan fingerprint density at radius 2 is 1.67 bits per heavy atom. The van der Waals surface area contributed by atoms with Gasteiger partial charge in [-0.15, -0.1) is 0 Å². The highest BCUT2D eigenvalue weighted by molar-refractivity contribution is 6.27. The van der Waals surface area contributed by atoms with Gasteiger partial charge in [0.05, 0.1) is 0 Å². The third-order valence-corrected chi connectivity index (χ3v) is 3.36. The molecule has 0 amide bonds. The fourth-order valence-electron chi connectivity index (χ4n) is 2.37. The molecule has 0 saturated heterocycles. The molecule has 0 aliphatic carbocycles. The molecule has 0 fully saturated rings. The number of carboxylic acid groups (broad SMARTS) is 2. The second kappa shape index (κ2) is 7.89. The first-order chi connectivity index (χ1) is 11.5. The van der Waals surface area contributed by atoms with Crippen LogP contribution >= 0.6 is 0 Å². The van der Waals surface area contributed by atoms with Crippen molar-refractivity contribution in [2.75, 3.05) is 6.54 Å². The zero-order chi connectivity index (χ0) is 17.5. The number of hydrogen-bond acceptors (Lipinski definition) is 4. The van der Waals surface area contributed by atoms with Crippen LogP contribution in [0.4, 0.5) is 0 Å². The number of carboxylic acids is 2. The third kappa shape index (κ3) is 3.96. The van der Waals surface area contributed by atoms with Gasteiger partial charge in [-0.1, -0.05) is 18.2 Å². The summed E-state index contributed by atoms with van der Waals surface area (Å²) in [5.41, 5.74) is 10.5. The summed E-state index contributed by atoms with van der Waals surface area (Å²) in [6.07, 6.45) is 4.50. The fourth-order valence-corrected chi connectivity index (χ4v) is 2.37. The summed E-state index contributed by atoms with van der Waals surface area (Å²) >= 11 is 0. The van der Waals surface area contributed by atoms with Crippen molar-refractivity contribution in [3.8, 4) is 11.3 Å². The Bertz CT molecular complexity index is 831. The molecular formula is C17H17N3O4. The second-order valence-electron chi connectivity index (χ2n) is 4.91. The van der Waals surface area contributed by atoms with Crippen molar-refractivity contribution in [2.45, 2.75) is 6.42 Å². The topological polar surface area (TPSA) is 129 Å². The van der Waals surface area contributed by atoms with Gasteiger partial charge in [0.15, 0.2) is 0 Å². The number of para-hydroxylation sites is 1. The largest absolute Gasteiger partial charge is 0.473 e. The number of H-pyrrole nitrogens is 1. The van der Waals surface area contributed by atoms with Crippen LogP contribution in [0.25, 0.3) is 22.2 Å². The van der Waals surface area contributed by atoms with Crippen LogP contribution in [0.5, 0.6) is 0 Å². The Balaban J connectivity index is 0.000000301. The van der Waals surface area contributed by atoms with E-state index in [1.54, 1.807) is 0 Å². The van der Waals surface area contributed by atoms with Gasteiger partial charge in [-0.05, 0) is 36.7 Å². The molecule has 0 atom stereocenters. The lowest BCUT2D eigenvalue weighted by Gasteiger charge is -2.03. The minimum atomic E-state index is -1.82. The maximum atomic E-state index is 9.10. The Morgan fingerprint density at radius 3 is 2.25 bits per heavy atom. The molecule has 2 heterocycles. The molecule has 0 spiro atoms.